The number of ether oxygens (including phenoxy) is 2. The van der Waals surface area contributed by atoms with Gasteiger partial charge in [-0.05, 0) is 55.2 Å². The Morgan fingerprint density at radius 1 is 1.08 bits per heavy atom. The minimum Gasteiger partial charge on any atom is -0.462 e. The summed E-state index contributed by atoms with van der Waals surface area (Å²) in [7, 11) is 0. The molecule has 1 fully saturated rings. The Labute approximate surface area is 221 Å². The summed E-state index contributed by atoms with van der Waals surface area (Å²) >= 11 is 0. The monoisotopic (exact) mass is 545 g/mol. The van der Waals surface area contributed by atoms with Crippen molar-refractivity contribution < 1.29 is 32.2 Å². The first-order valence-electron chi connectivity index (χ1n) is 12.2. The van der Waals surface area contributed by atoms with Crippen LogP contribution in [0.3, 0.4) is 0 Å². The predicted molar refractivity (Wildman–Crippen MR) is 134 cm³/mol. The van der Waals surface area contributed by atoms with Crippen LogP contribution < -0.4 is 11.2 Å². The molecule has 2 heterocycles. The van der Waals surface area contributed by atoms with Crippen molar-refractivity contribution in [3.05, 3.63) is 97.3 Å². The molecule has 1 aromatic heterocycles. The molecule has 0 unspecified atom stereocenters. The van der Waals surface area contributed by atoms with Crippen molar-refractivity contribution in [2.24, 2.45) is 0 Å². The lowest BCUT2D eigenvalue weighted by Gasteiger charge is -2.17. The van der Waals surface area contributed by atoms with Gasteiger partial charge in [-0.2, -0.15) is 13.2 Å². The topological polar surface area (TPSA) is 99.8 Å². The highest BCUT2D eigenvalue weighted by molar-refractivity contribution is 5.88. The van der Waals surface area contributed by atoms with Crippen molar-refractivity contribution >= 4 is 12.1 Å². The Kier molecular flexibility index (Phi) is 7.93. The van der Waals surface area contributed by atoms with Crippen LogP contribution in [0.5, 0.6) is 0 Å². The molecule has 0 saturated carbocycles. The smallest absolute Gasteiger partial charge is 0.416 e. The summed E-state index contributed by atoms with van der Waals surface area (Å²) in [6, 6.07) is 10.2. The van der Waals surface area contributed by atoms with Gasteiger partial charge in [0.25, 0.3) is 5.56 Å². The summed E-state index contributed by atoms with van der Waals surface area (Å²) in [4.78, 5) is 52.4. The van der Waals surface area contributed by atoms with Gasteiger partial charge in [-0.3, -0.25) is 13.9 Å². The number of aromatic nitrogens is 2. The van der Waals surface area contributed by atoms with Gasteiger partial charge in [0.05, 0.1) is 30.9 Å². The maximum atomic E-state index is 13.4. The number of rotatable bonds is 8. The number of carbonyl (C=O) groups is 2. The molecule has 0 radical (unpaired) electrons. The van der Waals surface area contributed by atoms with Gasteiger partial charge in [-0.1, -0.05) is 24.3 Å². The Hall–Kier alpha value is -4.35. The molecule has 3 aromatic rings. The molecule has 1 aliphatic heterocycles. The standard InChI is InChI=1S/C27H26F3N3O6/c1-3-38-24(35)21-16-32(20-9-7-18(8-10-20)11-12-31-13-14-39-26(31)37)25(36)33(23(21)34)15-19-5-4-6-22(17(19)2)27(28,29)30/h4-10,16H,3,11-15H2,1-2H3. The van der Waals surface area contributed by atoms with E-state index in [2.05, 4.69) is 0 Å². The van der Waals surface area contributed by atoms with E-state index in [0.717, 1.165) is 27.0 Å². The summed E-state index contributed by atoms with van der Waals surface area (Å²) in [5.74, 6) is -0.958. The molecule has 39 heavy (non-hydrogen) atoms. The number of nitrogens with zero attached hydrogens (tertiary/aromatic N) is 3. The summed E-state index contributed by atoms with van der Waals surface area (Å²) in [6.45, 7) is 3.62. The zero-order chi connectivity index (χ0) is 28.3. The average Bonchev–Trinajstić information content (AvgIpc) is 3.30. The van der Waals surface area contributed by atoms with Crippen molar-refractivity contribution in [1.29, 1.82) is 0 Å². The number of alkyl halides is 3. The summed E-state index contributed by atoms with van der Waals surface area (Å²) in [5, 5.41) is 0. The molecule has 1 saturated heterocycles. The number of halogens is 3. The largest absolute Gasteiger partial charge is 0.462 e. The lowest BCUT2D eigenvalue weighted by Crippen LogP contribution is -2.42. The average molecular weight is 546 g/mol. The van der Waals surface area contributed by atoms with Crippen molar-refractivity contribution in [2.45, 2.75) is 33.0 Å². The summed E-state index contributed by atoms with van der Waals surface area (Å²) in [5.41, 5.74) is -1.96. The molecule has 1 aliphatic rings. The molecule has 0 atom stereocenters. The Bertz CT molecular complexity index is 1510. The third-order valence-electron chi connectivity index (χ3n) is 6.48. The van der Waals surface area contributed by atoms with E-state index < -0.39 is 41.1 Å². The van der Waals surface area contributed by atoms with Crippen molar-refractivity contribution in [3.8, 4) is 5.69 Å². The van der Waals surface area contributed by atoms with Crippen LogP contribution in [0.1, 0.15) is 39.5 Å². The maximum Gasteiger partial charge on any atom is 0.416 e. The normalized spacial score (nSPS) is 13.5. The van der Waals surface area contributed by atoms with Crippen LogP contribution in [-0.4, -0.2) is 52.4 Å². The first-order valence-corrected chi connectivity index (χ1v) is 12.2. The first kappa shape index (κ1) is 27.7. The van der Waals surface area contributed by atoms with Gasteiger partial charge in [0, 0.05) is 12.7 Å². The molecule has 206 valence electrons. The molecule has 12 heteroatoms. The lowest BCUT2D eigenvalue weighted by molar-refractivity contribution is -0.138. The van der Waals surface area contributed by atoms with Crippen LogP contribution in [0.4, 0.5) is 18.0 Å². The second kappa shape index (κ2) is 11.2. The van der Waals surface area contributed by atoms with Gasteiger partial charge < -0.3 is 14.4 Å². The Morgan fingerprint density at radius 2 is 1.79 bits per heavy atom. The minimum absolute atomic E-state index is 0.0244. The molecule has 1 amide bonds. The van der Waals surface area contributed by atoms with Crippen molar-refractivity contribution in [3.63, 3.8) is 0 Å². The van der Waals surface area contributed by atoms with Crippen molar-refractivity contribution in [2.75, 3.05) is 26.3 Å². The molecule has 0 spiro atoms. The molecule has 0 N–H and O–H groups in total. The van der Waals surface area contributed by atoms with Gasteiger partial charge in [0.1, 0.15) is 12.2 Å². The second-order valence-electron chi connectivity index (χ2n) is 8.91. The number of cyclic esters (lactones) is 1. The molecule has 9 nitrogen and oxygen atoms in total. The number of esters is 1. The van der Waals surface area contributed by atoms with Crippen LogP contribution in [0.15, 0.2) is 58.3 Å². The van der Waals surface area contributed by atoms with Crippen LogP contribution in [-0.2, 0) is 28.6 Å². The van der Waals surface area contributed by atoms with E-state index in [-0.39, 0.29) is 23.8 Å². The zero-order valence-corrected chi connectivity index (χ0v) is 21.3. The van der Waals surface area contributed by atoms with Crippen LogP contribution in [0.25, 0.3) is 5.69 Å². The van der Waals surface area contributed by atoms with E-state index in [0.29, 0.717) is 31.8 Å². The van der Waals surface area contributed by atoms with E-state index in [1.165, 1.54) is 19.1 Å². The zero-order valence-electron chi connectivity index (χ0n) is 21.3. The fraction of sp³-hybridized carbons (Fsp3) is 0.333. The van der Waals surface area contributed by atoms with E-state index >= 15 is 0 Å². The number of hydrogen-bond donors (Lipinski definition) is 0. The molecule has 2 aromatic carbocycles. The van der Waals surface area contributed by atoms with Crippen LogP contribution >= 0.6 is 0 Å². The minimum atomic E-state index is -4.62. The number of hydrogen-bond acceptors (Lipinski definition) is 6. The van der Waals surface area contributed by atoms with E-state index in [1.54, 1.807) is 36.1 Å². The number of carbonyl (C=O) groups excluding carboxylic acids is 2. The van der Waals surface area contributed by atoms with E-state index in [4.69, 9.17) is 9.47 Å². The predicted octanol–water partition coefficient (Wildman–Crippen LogP) is 3.55. The Morgan fingerprint density at radius 3 is 2.41 bits per heavy atom. The first-order chi connectivity index (χ1) is 18.5. The highest BCUT2D eigenvalue weighted by atomic mass is 19.4. The fourth-order valence-electron chi connectivity index (χ4n) is 4.32. The van der Waals surface area contributed by atoms with E-state index in [9.17, 15) is 32.3 Å². The highest BCUT2D eigenvalue weighted by Gasteiger charge is 2.33. The second-order valence-corrected chi connectivity index (χ2v) is 8.91. The summed E-state index contributed by atoms with van der Waals surface area (Å²) < 4.78 is 52.0. The number of amides is 1. The van der Waals surface area contributed by atoms with Gasteiger partial charge >= 0.3 is 23.9 Å². The SMILES string of the molecule is CCOC(=O)c1cn(-c2ccc(CCN3CCOC3=O)cc2)c(=O)n(Cc2cccc(C(F)(F)F)c2C)c1=O. The lowest BCUT2D eigenvalue weighted by atomic mass is 10.0. The molecule has 0 bridgehead atoms. The van der Waals surface area contributed by atoms with Crippen LogP contribution in [0.2, 0.25) is 0 Å². The molecular weight excluding hydrogens is 519 g/mol. The summed E-state index contributed by atoms with van der Waals surface area (Å²) in [6.07, 6.45) is -3.38. The van der Waals surface area contributed by atoms with Crippen LogP contribution in [0, 0.1) is 6.92 Å². The molecule has 4 rings (SSSR count). The third kappa shape index (κ3) is 5.89. The molecular formula is C27H26F3N3O6. The quantitative estimate of drug-likeness (QED) is 0.402. The van der Waals surface area contributed by atoms with Gasteiger partial charge in [-0.15, -0.1) is 0 Å². The highest BCUT2D eigenvalue weighted by Crippen LogP contribution is 2.33. The fourth-order valence-corrected chi connectivity index (χ4v) is 4.32. The van der Waals surface area contributed by atoms with Gasteiger partial charge in [0.15, 0.2) is 0 Å². The van der Waals surface area contributed by atoms with E-state index in [1.807, 2.05) is 0 Å². The molecule has 0 aliphatic carbocycles. The van der Waals surface area contributed by atoms with Gasteiger partial charge in [-0.25, -0.2) is 14.4 Å². The van der Waals surface area contributed by atoms with Crippen molar-refractivity contribution in [1.82, 2.24) is 14.0 Å². The Balaban J connectivity index is 1.73. The van der Waals surface area contributed by atoms with Gasteiger partial charge in [0.2, 0.25) is 0 Å². The third-order valence-corrected chi connectivity index (χ3v) is 6.48. The maximum absolute atomic E-state index is 13.4. The number of benzene rings is 2.